The van der Waals surface area contributed by atoms with E-state index < -0.39 is 23.3 Å². The second-order valence-corrected chi connectivity index (χ2v) is 10.7. The van der Waals surface area contributed by atoms with Gasteiger partial charge in [-0.3, -0.25) is 19.3 Å². The number of hydrogen-bond acceptors (Lipinski definition) is 10. The molecule has 3 N–H and O–H groups in total. The van der Waals surface area contributed by atoms with Gasteiger partial charge in [0.15, 0.2) is 5.01 Å². The molecule has 1 unspecified atom stereocenters. The maximum absolute atomic E-state index is 12.7. The molecule has 9 nitrogen and oxygen atoms in total. The Bertz CT molecular complexity index is 1180. The Kier molecular flexibility index (Phi) is 9.42. The number of aromatic nitrogens is 1. The van der Waals surface area contributed by atoms with Gasteiger partial charge in [0, 0.05) is 28.3 Å². The largest absolute Gasteiger partial charge is 1.00 e. The van der Waals surface area contributed by atoms with Crippen molar-refractivity contribution < 1.29 is 75.7 Å². The van der Waals surface area contributed by atoms with Gasteiger partial charge >= 0.3 is 51.4 Å². The summed E-state index contributed by atoms with van der Waals surface area (Å²) in [7, 11) is 0. The van der Waals surface area contributed by atoms with E-state index in [4.69, 9.17) is 5.73 Å². The van der Waals surface area contributed by atoms with Gasteiger partial charge in [0.25, 0.3) is 5.91 Å². The van der Waals surface area contributed by atoms with Crippen molar-refractivity contribution in [3.63, 3.8) is 0 Å². The number of hydrogen-bond donors (Lipinski definition) is 2. The van der Waals surface area contributed by atoms with Crippen LogP contribution in [0.25, 0.3) is 0 Å². The van der Waals surface area contributed by atoms with Crippen LogP contribution < -0.4 is 67.5 Å². The molecule has 1 aromatic carbocycles. The third kappa shape index (κ3) is 5.78. The molecule has 172 valence electrons. The van der Waals surface area contributed by atoms with Gasteiger partial charge in [-0.1, -0.05) is 30.0 Å². The molecule has 3 heterocycles. The summed E-state index contributed by atoms with van der Waals surface area (Å²) in [6.45, 7) is 1.84. The van der Waals surface area contributed by atoms with Gasteiger partial charge in [0.1, 0.15) is 11.4 Å². The molecule has 0 aliphatic carbocycles. The van der Waals surface area contributed by atoms with Crippen molar-refractivity contribution in [2.75, 3.05) is 17.2 Å². The molecule has 0 bridgehead atoms. The maximum atomic E-state index is 12.7. The number of nitrogens with zero attached hydrogens (tertiary/aromatic N) is 2. The predicted octanol–water partition coefficient (Wildman–Crippen LogP) is -2.44. The fraction of sp³-hybridized carbons (Fsp3) is 0.286. The second-order valence-electron chi connectivity index (χ2n) is 7.42. The first-order valence-corrected chi connectivity index (χ1v) is 12.7. The van der Waals surface area contributed by atoms with Crippen molar-refractivity contribution in [2.24, 2.45) is 0 Å². The Balaban J connectivity index is 0.00000324. The van der Waals surface area contributed by atoms with Gasteiger partial charge in [-0.25, -0.2) is 4.98 Å². The average Bonchev–Trinajstić information content (AvgIpc) is 3.23. The van der Waals surface area contributed by atoms with E-state index >= 15 is 0 Å². The first-order valence-electron chi connectivity index (χ1n) is 9.86. The van der Waals surface area contributed by atoms with Gasteiger partial charge < -0.3 is 21.0 Å². The zero-order valence-electron chi connectivity index (χ0n) is 18.4. The molecule has 0 saturated carbocycles. The van der Waals surface area contributed by atoms with E-state index in [0.29, 0.717) is 27.6 Å². The van der Waals surface area contributed by atoms with Crippen LogP contribution in [0.15, 0.2) is 41.7 Å². The first kappa shape index (κ1) is 27.4. The van der Waals surface area contributed by atoms with Gasteiger partial charge in [-0.2, -0.15) is 0 Å². The molecule has 34 heavy (non-hydrogen) atoms. The number of nitrogen functional groups attached to an aromatic ring is 1. The number of β-lactam (4-membered cyclic amide) rings is 1. The molecule has 0 radical (unpaired) electrons. The molecule has 13 heteroatoms. The molecule has 1 fully saturated rings. The molecule has 1 aromatic heterocycles. The number of carbonyl (C=O) groups excluding carboxylic acids is 4. The fourth-order valence-corrected chi connectivity index (χ4v) is 6.64. The normalized spacial score (nSPS) is 19.1. The zero-order chi connectivity index (χ0) is 23.7. The van der Waals surface area contributed by atoms with Crippen LogP contribution in [0.3, 0.4) is 0 Å². The van der Waals surface area contributed by atoms with Crippen molar-refractivity contribution in [2.45, 2.75) is 24.8 Å². The Morgan fingerprint density at radius 3 is 2.71 bits per heavy atom. The predicted molar refractivity (Wildman–Crippen MR) is 125 cm³/mol. The molecular formula is C21H19KN4O5S3. The number of carboxylic acids is 1. The number of anilines is 1. The molecule has 2 aliphatic heterocycles. The van der Waals surface area contributed by atoms with Crippen LogP contribution in [0.4, 0.5) is 5.69 Å². The van der Waals surface area contributed by atoms with Crippen LogP contribution in [0.2, 0.25) is 0 Å². The van der Waals surface area contributed by atoms with Gasteiger partial charge in [0.2, 0.25) is 11.0 Å². The second kappa shape index (κ2) is 11.7. The molecule has 4 rings (SSSR count). The van der Waals surface area contributed by atoms with Crippen LogP contribution in [-0.4, -0.2) is 55.7 Å². The molecule has 2 atom stereocenters. The van der Waals surface area contributed by atoms with Gasteiger partial charge in [-0.15, -0.1) is 23.1 Å². The summed E-state index contributed by atoms with van der Waals surface area (Å²) in [5.41, 5.74) is 7.19. The third-order valence-electron chi connectivity index (χ3n) is 5.14. The smallest absolute Gasteiger partial charge is 0.543 e. The summed E-state index contributed by atoms with van der Waals surface area (Å²) >= 11 is 3.54. The quantitative estimate of drug-likeness (QED) is 0.221. The Labute approximate surface area is 250 Å². The number of para-hydroxylation sites is 1. The van der Waals surface area contributed by atoms with Crippen LogP contribution in [0.5, 0.6) is 0 Å². The molecule has 0 spiro atoms. The standard InChI is InChI=1S/C21H20N4O5S3.K/c1-10-7-23-17(33-10)21(30)32-9-12-8-31-19-15(18(27)25(19)16(12)20(28)29)24-14(26)6-11-4-2-3-5-13(11)22;/h2-5,7,15,19H,6,8-9,22H2,1H3,(H,24,26)(H,28,29);/q;+1/p-1/t15?,19-;/m1./s1. The maximum Gasteiger partial charge on any atom is 1.00 e. The Morgan fingerprint density at radius 2 is 2.06 bits per heavy atom. The Hall–Kier alpha value is -1.19. The molecule has 2 amide bonds. The molecule has 2 aliphatic rings. The minimum Gasteiger partial charge on any atom is -0.543 e. The SMILES string of the molecule is Cc1cnc(C(=O)SCC2=C(C(=O)[O-])N3C(=O)C(NC(=O)Cc4ccccc4N)[C@H]3SC2)s1.[K+]. The number of fused-ring (bicyclic) bond motifs is 1. The van der Waals surface area contributed by atoms with Crippen molar-refractivity contribution >= 4 is 63.4 Å². The minimum absolute atomic E-state index is 0. The van der Waals surface area contributed by atoms with Crippen molar-refractivity contribution in [1.82, 2.24) is 15.2 Å². The number of thiazole rings is 1. The minimum atomic E-state index is -1.48. The van der Waals surface area contributed by atoms with Gasteiger partial charge in [-0.05, 0) is 24.1 Å². The number of aliphatic carboxylic acids is 1. The summed E-state index contributed by atoms with van der Waals surface area (Å²) in [5.74, 6) is -1.98. The number of thioether (sulfide) groups is 2. The van der Waals surface area contributed by atoms with E-state index in [9.17, 15) is 24.3 Å². The van der Waals surface area contributed by atoms with E-state index in [1.807, 2.05) is 6.92 Å². The van der Waals surface area contributed by atoms with Crippen molar-refractivity contribution in [3.05, 3.63) is 57.2 Å². The number of carbonyl (C=O) groups is 4. The third-order valence-corrected chi connectivity index (χ3v) is 8.47. The van der Waals surface area contributed by atoms with E-state index in [-0.39, 0.29) is 80.3 Å². The summed E-state index contributed by atoms with van der Waals surface area (Å²) in [6, 6.07) is 6.11. The van der Waals surface area contributed by atoms with Crippen LogP contribution in [0, 0.1) is 6.92 Å². The fourth-order valence-electron chi connectivity index (χ4n) is 3.54. The average molecular weight is 543 g/mol. The number of nitrogens with one attached hydrogen (secondary N) is 1. The summed E-state index contributed by atoms with van der Waals surface area (Å²) < 4.78 is 0. The van der Waals surface area contributed by atoms with E-state index in [1.54, 1.807) is 30.5 Å². The summed E-state index contributed by atoms with van der Waals surface area (Å²) in [4.78, 5) is 55.4. The number of aryl methyl sites for hydroxylation is 1. The molecular weight excluding hydrogens is 524 g/mol. The number of benzene rings is 1. The van der Waals surface area contributed by atoms with Crippen molar-refractivity contribution in [3.8, 4) is 0 Å². The molecule has 1 saturated heterocycles. The van der Waals surface area contributed by atoms with E-state index in [0.717, 1.165) is 21.5 Å². The summed E-state index contributed by atoms with van der Waals surface area (Å²) in [5, 5.41) is 14.1. The number of amides is 2. The summed E-state index contributed by atoms with van der Waals surface area (Å²) in [6.07, 6.45) is 1.61. The van der Waals surface area contributed by atoms with Crippen molar-refractivity contribution in [1.29, 1.82) is 0 Å². The number of nitrogens with two attached hydrogens (primary N) is 1. The number of rotatable bonds is 7. The van der Waals surface area contributed by atoms with Crippen LogP contribution >= 0.6 is 34.9 Å². The number of carboxylic acid groups (broad SMARTS) is 1. The monoisotopic (exact) mass is 542 g/mol. The Morgan fingerprint density at radius 1 is 1.32 bits per heavy atom. The topological polar surface area (TPSA) is 146 Å². The van der Waals surface area contributed by atoms with E-state index in [1.165, 1.54) is 23.1 Å². The van der Waals surface area contributed by atoms with Crippen LogP contribution in [-0.2, 0) is 20.8 Å². The molecule has 2 aromatic rings. The van der Waals surface area contributed by atoms with E-state index in [2.05, 4.69) is 10.3 Å². The van der Waals surface area contributed by atoms with Gasteiger partial charge in [0.05, 0.1) is 18.1 Å². The van der Waals surface area contributed by atoms with Crippen LogP contribution in [0.1, 0.15) is 20.2 Å². The first-order chi connectivity index (χ1) is 15.8. The zero-order valence-corrected chi connectivity index (χ0v) is 24.0.